The van der Waals surface area contributed by atoms with Gasteiger partial charge in [0.2, 0.25) is 65.0 Å². The number of thioether (sulfide) groups is 3. The van der Waals surface area contributed by atoms with Crippen LogP contribution in [0.25, 0.3) is 0 Å². The number of aliphatic imine (C=N–C) groups is 1. The van der Waals surface area contributed by atoms with Crippen molar-refractivity contribution in [2.75, 3.05) is 26.3 Å². The van der Waals surface area contributed by atoms with Crippen molar-refractivity contribution in [2.24, 2.45) is 45.1 Å². The summed E-state index contributed by atoms with van der Waals surface area (Å²) < 4.78 is -1.85. The van der Waals surface area contributed by atoms with Crippen LogP contribution in [0, 0.1) is 0 Å². The molecule has 8 heterocycles. The number of guanidine groups is 1. The van der Waals surface area contributed by atoms with E-state index in [2.05, 4.69) is 58.2 Å². The summed E-state index contributed by atoms with van der Waals surface area (Å²) in [6.07, 6.45) is -0.253. The maximum Gasteiger partial charge on any atom is 0.327 e. The first-order valence-electron chi connectivity index (χ1n) is 37.4. The number of urea groups is 1. The number of hydrogen-bond acceptors (Lipinski definition) is 30. The van der Waals surface area contributed by atoms with Crippen LogP contribution in [0.3, 0.4) is 0 Å². The number of carbonyl (C=O) groups is 16. The number of rotatable bonds is 22. The van der Waals surface area contributed by atoms with Gasteiger partial charge in [-0.05, 0) is 77.6 Å². The molecule has 44 nitrogen and oxygen atoms in total. The number of fused-ring (bicyclic) bond motifs is 3. The highest BCUT2D eigenvalue weighted by molar-refractivity contribution is 8.02. The molecule has 0 radical (unpaired) electrons. The first kappa shape index (κ1) is 94.2. The minimum absolute atomic E-state index is 0.247. The Labute approximate surface area is 698 Å². The lowest BCUT2D eigenvalue weighted by molar-refractivity contribution is -0.161. The normalized spacial score (nSPS) is 28.2. The molecule has 19 atom stereocenters. The van der Waals surface area contributed by atoms with Crippen LogP contribution in [0.4, 0.5) is 4.79 Å². The third-order valence-corrected chi connectivity index (χ3v) is 24.8. The van der Waals surface area contributed by atoms with Gasteiger partial charge in [-0.15, -0.1) is 35.3 Å². The molecule has 0 spiro atoms. The number of aliphatic hydroxyl groups is 3. The second kappa shape index (κ2) is 40.2. The molecular weight excluding hydrogens is 1630 g/mol. The maximum absolute atomic E-state index is 13.6. The summed E-state index contributed by atoms with van der Waals surface area (Å²) in [5.41, 5.74) is 41.3. The molecule has 0 bridgehead atoms. The van der Waals surface area contributed by atoms with Gasteiger partial charge in [-0.1, -0.05) is 91.0 Å². The highest BCUT2D eigenvalue weighted by Crippen LogP contribution is 2.53. The van der Waals surface area contributed by atoms with Crippen molar-refractivity contribution in [3.05, 3.63) is 120 Å². The number of carboxylic acids is 3. The van der Waals surface area contributed by atoms with E-state index >= 15 is 0 Å². The number of aliphatic carboxylic acids is 3. The molecule has 3 aromatic carbocycles. The molecule has 14 amide bonds. The Morgan fingerprint density at radius 1 is 0.558 bits per heavy atom. The lowest BCUT2D eigenvalue weighted by Gasteiger charge is -2.43. The average molecular weight is 1730 g/mol. The van der Waals surface area contributed by atoms with Crippen LogP contribution in [-0.4, -0.2) is 282 Å². The summed E-state index contributed by atoms with van der Waals surface area (Å²) in [6.45, 7) is 8.36. The van der Waals surface area contributed by atoms with E-state index in [0.717, 1.165) is 0 Å². The summed E-state index contributed by atoms with van der Waals surface area (Å²) in [6, 6.07) is 9.33. The van der Waals surface area contributed by atoms with Crippen LogP contribution in [0.5, 0.6) is 0 Å². The lowest BCUT2D eigenvalue weighted by Crippen LogP contribution is -2.71. The van der Waals surface area contributed by atoms with E-state index < -0.39 is 214 Å². The van der Waals surface area contributed by atoms with E-state index in [0.29, 0.717) is 42.3 Å². The number of primary amides is 1. The third-order valence-electron chi connectivity index (χ3n) is 20.1. The summed E-state index contributed by atoms with van der Waals surface area (Å²) in [5, 5.41) is 82.7. The Morgan fingerprint density at radius 2 is 0.942 bits per heavy atom. The molecule has 120 heavy (non-hydrogen) atoms. The first-order valence-corrected chi connectivity index (χ1v) is 40.1. The number of nitrogens with one attached hydrogen (secondary N) is 11. The Morgan fingerprint density at radius 3 is 1.30 bits per heavy atom. The van der Waals surface area contributed by atoms with Gasteiger partial charge in [-0.3, -0.25) is 57.5 Å². The topological polar surface area (TPSA) is 731 Å². The van der Waals surface area contributed by atoms with Crippen LogP contribution in [-0.2, 0) is 71.9 Å². The Bertz CT molecular complexity index is 4160. The molecule has 7 fully saturated rings. The van der Waals surface area contributed by atoms with Gasteiger partial charge in [0.05, 0.1) is 19.3 Å². The van der Waals surface area contributed by atoms with Gasteiger partial charge in [0.25, 0.3) is 5.91 Å². The Hall–Kier alpha value is -11.3. The monoisotopic (exact) mass is 1730 g/mol. The molecule has 0 saturated carbocycles. The van der Waals surface area contributed by atoms with Gasteiger partial charge in [-0.2, -0.15) is 0 Å². The minimum atomic E-state index is -1.78. The van der Waals surface area contributed by atoms with Crippen molar-refractivity contribution in [1.82, 2.24) is 73.2 Å². The molecule has 0 unspecified atom stereocenters. The number of aliphatic hydroxyl groups excluding tert-OH is 3. The molecule has 31 N–H and O–H groups in total. The van der Waals surface area contributed by atoms with Crippen molar-refractivity contribution in [2.45, 2.75) is 194 Å². The Balaban J connectivity index is 0.000000211. The second-order valence-corrected chi connectivity index (χ2v) is 35.5. The second-order valence-electron chi connectivity index (χ2n) is 30.2. The number of nitrogens with zero attached hydrogens (tertiary/aromatic N) is 4. The number of carbonyl (C=O) groups excluding carboxylic acids is 13. The van der Waals surface area contributed by atoms with Crippen molar-refractivity contribution in [3.8, 4) is 0 Å². The van der Waals surface area contributed by atoms with Gasteiger partial charge in [0.1, 0.15) is 107 Å². The zero-order chi connectivity index (χ0) is 88.9. The largest absolute Gasteiger partial charge is 0.480 e. The number of hydrogen-bond donors (Lipinski definition) is 24. The summed E-state index contributed by atoms with van der Waals surface area (Å²) >= 11 is 4.15. The molecule has 47 heteroatoms. The fraction of sp³-hybridized carbons (Fsp3) is 0.493. The fourth-order valence-corrected chi connectivity index (χ4v) is 18.9. The minimum Gasteiger partial charge on any atom is -0.480 e. The van der Waals surface area contributed by atoms with Crippen molar-refractivity contribution in [1.29, 1.82) is 0 Å². The summed E-state index contributed by atoms with van der Waals surface area (Å²) in [7, 11) is 0. The molecule has 652 valence electrons. The van der Waals surface area contributed by atoms with Gasteiger partial charge >= 0.3 is 23.9 Å². The van der Waals surface area contributed by atoms with E-state index in [9.17, 15) is 107 Å². The molecule has 0 aliphatic carbocycles. The molecule has 8 aliphatic rings. The van der Waals surface area contributed by atoms with Crippen molar-refractivity contribution in [3.63, 3.8) is 0 Å². The van der Waals surface area contributed by atoms with Crippen LogP contribution in [0.15, 0.2) is 108 Å². The number of amides is 14. The first-order chi connectivity index (χ1) is 56.4. The van der Waals surface area contributed by atoms with Crippen LogP contribution < -0.4 is 98.6 Å². The standard InChI is InChI=1S/C25H43N13O10.3C16H19N3O4S/c26-3-1-2-10(27)4-16(41)32-12-6-30-23(47)18(11-5-17(42)37-24(28)36-11)38-20(44)13(7-31-25(29)48)33-21(45)14(8-39)35-22(46)15(9-40)34-19(12)43;3*1-16(2)11(15(22)23)19-13(21)10(14(19)24-16)18-12(20)9(17)8-6-4-3-5-7-8/h7,10-12,14-15,17-18,39-40,42H,1-6,8-9,26-27H2,(H,30,47)(H,32,41)(H,33,45)(H,34,43)(H,35,46)(H,38,44)(H3,28,36,37)(H3,29,31,48);3*3-7,9-11,14H,17H2,1-2H3,(H,18,20)(H,22,23)/b13-7-;;;/t10-,11+,12-,14-,15-,17-,18-;3*9-,10-,11+,14-/m0111/s1. The highest BCUT2D eigenvalue weighted by atomic mass is 32.2. The predicted molar refractivity (Wildman–Crippen MR) is 431 cm³/mol. The maximum atomic E-state index is 13.6. The number of β-lactam (4-membered cyclic amide) rings is 3. The van der Waals surface area contributed by atoms with E-state index in [1.165, 1.54) is 50.0 Å². The SMILES string of the molecule is CC1(C)S[C@@H]2[C@H](NC(=O)[C@H](N)c3ccccc3)C(=O)N2[C@H]1C(=O)O.CC1(C)S[C@@H]2[C@H](NC(=O)[C@H](N)c3ccccc3)C(=O)N2[C@H]1C(=O)O.CC1(C)S[C@@H]2[C@H](NC(=O)[C@H](N)c3ccccc3)C(=O)N2[C@H]1C(=O)O.NCCC[C@H](N)CC(=O)N[C@H]1CNC(=O)[C@H]([C@H]2C[C@H](O)NC(N)=N2)NC(=O)/C(=C/NC(N)=O)NC(=O)[C@H](CO)NC(=O)[C@H](CO)NC1=O. The average Bonchev–Trinajstić information content (AvgIpc) is 1.57. The zero-order valence-electron chi connectivity index (χ0n) is 65.6. The third kappa shape index (κ3) is 22.2. The fourth-order valence-electron chi connectivity index (χ4n) is 14.0. The molecule has 11 rings (SSSR count). The van der Waals surface area contributed by atoms with Gasteiger partial charge in [0, 0.05) is 45.9 Å². The van der Waals surface area contributed by atoms with E-state index in [4.69, 9.17) is 40.1 Å². The summed E-state index contributed by atoms with van der Waals surface area (Å²) in [5.74, 6) is -12.3. The van der Waals surface area contributed by atoms with E-state index in [1.54, 1.807) is 114 Å². The van der Waals surface area contributed by atoms with Crippen LogP contribution >= 0.6 is 35.3 Å². The zero-order valence-corrected chi connectivity index (χ0v) is 68.1. The van der Waals surface area contributed by atoms with Gasteiger partial charge in [0.15, 0.2) is 5.96 Å². The molecule has 0 aromatic heterocycles. The van der Waals surface area contributed by atoms with Crippen LogP contribution in [0.2, 0.25) is 0 Å². The lowest BCUT2D eigenvalue weighted by atomic mass is 9.95. The van der Waals surface area contributed by atoms with E-state index in [-0.39, 0.29) is 52.6 Å². The number of nitrogens with two attached hydrogens (primary N) is 7. The van der Waals surface area contributed by atoms with Crippen molar-refractivity contribution >= 4 is 136 Å². The molecule has 3 aromatic rings. The van der Waals surface area contributed by atoms with Gasteiger partial charge in [-0.25, -0.2) is 24.2 Å². The number of carboxylic acid groups (broad SMARTS) is 3. The molecule has 7 saturated heterocycles. The smallest absolute Gasteiger partial charge is 0.327 e. The predicted octanol–water partition coefficient (Wildman–Crippen LogP) is -7.93. The van der Waals surface area contributed by atoms with Crippen LogP contribution in [0.1, 0.15) is 102 Å². The number of benzene rings is 3. The Kier molecular flexibility index (Phi) is 31.6. The molecular formula is C73H100N22O22S3. The highest BCUT2D eigenvalue weighted by Gasteiger charge is 2.67. The van der Waals surface area contributed by atoms with Crippen molar-refractivity contribution < 1.29 is 107 Å². The molecule has 8 aliphatic heterocycles. The quantitative estimate of drug-likeness (QED) is 0.0328. The van der Waals surface area contributed by atoms with Gasteiger partial charge < -0.3 is 144 Å². The summed E-state index contributed by atoms with van der Waals surface area (Å²) in [4.78, 5) is 207. The van der Waals surface area contributed by atoms with E-state index in [1.807, 2.05) is 23.5 Å².